The highest BCUT2D eigenvalue weighted by molar-refractivity contribution is 5.75. The molecule has 0 aliphatic carbocycles. The lowest BCUT2D eigenvalue weighted by Crippen LogP contribution is -2.39. The largest absolute Gasteiger partial charge is 0.462 e. The number of esters is 1. The lowest BCUT2D eigenvalue weighted by Gasteiger charge is -2.20. The topological polar surface area (TPSA) is 52.3 Å². The Labute approximate surface area is 106 Å². The van der Waals surface area contributed by atoms with E-state index in [1.54, 1.807) is 0 Å². The summed E-state index contributed by atoms with van der Waals surface area (Å²) in [4.78, 5) is 11.7. The molecule has 3 atom stereocenters. The van der Waals surface area contributed by atoms with Crippen molar-refractivity contribution in [2.45, 2.75) is 78.4 Å². The summed E-state index contributed by atoms with van der Waals surface area (Å²) in [6.07, 6.45) is 6.67. The molecule has 0 heterocycles. The van der Waals surface area contributed by atoms with E-state index in [1.165, 1.54) is 19.3 Å². The van der Waals surface area contributed by atoms with Crippen LogP contribution in [0.15, 0.2) is 0 Å². The Kier molecular flexibility index (Phi) is 9.14. The minimum atomic E-state index is -0.474. The van der Waals surface area contributed by atoms with Gasteiger partial charge in [0.25, 0.3) is 0 Å². The quantitative estimate of drug-likeness (QED) is 0.499. The maximum Gasteiger partial charge on any atom is 0.323 e. The van der Waals surface area contributed by atoms with Crippen LogP contribution in [0.5, 0.6) is 0 Å². The predicted molar refractivity (Wildman–Crippen MR) is 71.7 cm³/mol. The lowest BCUT2D eigenvalue weighted by molar-refractivity contribution is -0.151. The van der Waals surface area contributed by atoms with E-state index in [2.05, 4.69) is 6.92 Å². The fourth-order valence-electron chi connectivity index (χ4n) is 1.68. The lowest BCUT2D eigenvalue weighted by atomic mass is 10.0. The number of ether oxygens (including phenoxy) is 1. The summed E-state index contributed by atoms with van der Waals surface area (Å²) in [5.41, 5.74) is 5.82. The molecular weight excluding hydrogens is 214 g/mol. The van der Waals surface area contributed by atoms with E-state index >= 15 is 0 Å². The molecule has 0 amide bonds. The van der Waals surface area contributed by atoms with Crippen LogP contribution in [0, 0.1) is 5.92 Å². The van der Waals surface area contributed by atoms with Crippen molar-refractivity contribution in [1.29, 1.82) is 0 Å². The molecule has 0 aliphatic heterocycles. The van der Waals surface area contributed by atoms with Crippen LogP contribution >= 0.6 is 0 Å². The molecule has 3 nitrogen and oxygen atoms in total. The van der Waals surface area contributed by atoms with Crippen molar-refractivity contribution in [3.05, 3.63) is 0 Å². The van der Waals surface area contributed by atoms with E-state index in [0.29, 0.717) is 0 Å². The minimum absolute atomic E-state index is 0.00513. The number of hydrogen-bond acceptors (Lipinski definition) is 3. The van der Waals surface area contributed by atoms with Gasteiger partial charge < -0.3 is 10.5 Å². The average molecular weight is 243 g/mol. The Balaban J connectivity index is 3.79. The molecule has 1 unspecified atom stereocenters. The highest BCUT2D eigenvalue weighted by Crippen LogP contribution is 2.11. The van der Waals surface area contributed by atoms with Gasteiger partial charge in [0.15, 0.2) is 0 Å². The van der Waals surface area contributed by atoms with Crippen molar-refractivity contribution in [3.8, 4) is 0 Å². The van der Waals surface area contributed by atoms with Gasteiger partial charge in [-0.2, -0.15) is 0 Å². The van der Waals surface area contributed by atoms with Gasteiger partial charge in [0.05, 0.1) is 6.10 Å². The summed E-state index contributed by atoms with van der Waals surface area (Å²) >= 11 is 0. The molecule has 0 saturated carbocycles. The van der Waals surface area contributed by atoms with Crippen LogP contribution in [0.3, 0.4) is 0 Å². The molecular formula is C14H29NO2. The summed E-state index contributed by atoms with van der Waals surface area (Å²) in [5.74, 6) is -0.0582. The van der Waals surface area contributed by atoms with Crippen molar-refractivity contribution in [1.82, 2.24) is 0 Å². The van der Waals surface area contributed by atoms with Gasteiger partial charge in [0.1, 0.15) is 6.04 Å². The van der Waals surface area contributed by atoms with Gasteiger partial charge in [-0.3, -0.25) is 4.79 Å². The highest BCUT2D eigenvalue weighted by Gasteiger charge is 2.22. The molecule has 3 heteroatoms. The summed E-state index contributed by atoms with van der Waals surface area (Å²) in [7, 11) is 0. The van der Waals surface area contributed by atoms with Gasteiger partial charge in [-0.15, -0.1) is 0 Å². The second kappa shape index (κ2) is 9.46. The predicted octanol–water partition coefficient (Wildman–Crippen LogP) is 3.26. The summed E-state index contributed by atoms with van der Waals surface area (Å²) in [6.45, 7) is 8.16. The van der Waals surface area contributed by atoms with Gasteiger partial charge >= 0.3 is 5.97 Å². The monoisotopic (exact) mass is 243 g/mol. The molecule has 17 heavy (non-hydrogen) atoms. The molecule has 0 fully saturated rings. The van der Waals surface area contributed by atoms with Crippen LogP contribution in [-0.4, -0.2) is 18.1 Å². The summed E-state index contributed by atoms with van der Waals surface area (Å²) in [5, 5.41) is 0. The first kappa shape index (κ1) is 16.4. The highest BCUT2D eigenvalue weighted by atomic mass is 16.5. The number of rotatable bonds is 9. The Morgan fingerprint density at radius 3 is 2.35 bits per heavy atom. The van der Waals surface area contributed by atoms with Crippen LogP contribution in [0.1, 0.15) is 66.2 Å². The average Bonchev–Trinajstić information content (AvgIpc) is 2.32. The van der Waals surface area contributed by atoms with Crippen LogP contribution < -0.4 is 5.73 Å². The maximum absolute atomic E-state index is 11.7. The first-order chi connectivity index (χ1) is 8.02. The van der Waals surface area contributed by atoms with Crippen LogP contribution in [-0.2, 0) is 9.53 Å². The van der Waals surface area contributed by atoms with Crippen molar-refractivity contribution in [2.75, 3.05) is 0 Å². The smallest absolute Gasteiger partial charge is 0.323 e. The zero-order valence-electron chi connectivity index (χ0n) is 11.9. The molecule has 0 spiro atoms. The number of hydrogen-bond donors (Lipinski definition) is 1. The van der Waals surface area contributed by atoms with Crippen LogP contribution in [0.4, 0.5) is 0 Å². The number of unbranched alkanes of at least 4 members (excludes halogenated alkanes) is 3. The van der Waals surface area contributed by atoms with Gasteiger partial charge in [0, 0.05) is 0 Å². The molecule has 102 valence electrons. The normalized spacial score (nSPS) is 16.3. The Hall–Kier alpha value is -0.570. The van der Waals surface area contributed by atoms with E-state index in [9.17, 15) is 4.79 Å². The zero-order valence-corrected chi connectivity index (χ0v) is 11.9. The summed E-state index contributed by atoms with van der Waals surface area (Å²) < 4.78 is 5.35. The van der Waals surface area contributed by atoms with Gasteiger partial charge in [0.2, 0.25) is 0 Å². The molecule has 2 N–H and O–H groups in total. The van der Waals surface area contributed by atoms with E-state index < -0.39 is 6.04 Å². The van der Waals surface area contributed by atoms with Crippen molar-refractivity contribution in [3.63, 3.8) is 0 Å². The molecule has 0 aromatic rings. The molecule has 0 radical (unpaired) electrons. The molecule has 0 bridgehead atoms. The molecule has 0 saturated heterocycles. The third kappa shape index (κ3) is 7.37. The molecule has 0 aromatic heterocycles. The van der Waals surface area contributed by atoms with Crippen molar-refractivity contribution >= 4 is 5.97 Å². The number of carbonyl (C=O) groups excluding carboxylic acids is 1. The van der Waals surface area contributed by atoms with Gasteiger partial charge in [-0.1, -0.05) is 46.5 Å². The first-order valence-electron chi connectivity index (χ1n) is 6.98. The molecule has 0 aromatic carbocycles. The maximum atomic E-state index is 11.7. The Bertz CT molecular complexity index is 206. The third-order valence-electron chi connectivity index (χ3n) is 3.31. The van der Waals surface area contributed by atoms with Crippen molar-refractivity contribution < 1.29 is 9.53 Å². The van der Waals surface area contributed by atoms with Gasteiger partial charge in [-0.05, 0) is 25.7 Å². The second-order valence-electron chi connectivity index (χ2n) is 5.01. The Morgan fingerprint density at radius 2 is 1.82 bits per heavy atom. The standard InChI is InChI=1S/C14H29NO2/c1-5-7-8-9-10-12(4)17-14(16)13(15)11(3)6-2/h11-13H,5-10,15H2,1-4H3/t11-,12?,13-/m0/s1. The number of carbonyl (C=O) groups is 1. The molecule has 0 rings (SSSR count). The third-order valence-corrected chi connectivity index (χ3v) is 3.31. The van der Waals surface area contributed by atoms with E-state index in [0.717, 1.165) is 19.3 Å². The van der Waals surface area contributed by atoms with Crippen LogP contribution in [0.25, 0.3) is 0 Å². The fourth-order valence-corrected chi connectivity index (χ4v) is 1.68. The van der Waals surface area contributed by atoms with E-state index in [-0.39, 0.29) is 18.0 Å². The van der Waals surface area contributed by atoms with E-state index in [1.807, 2.05) is 20.8 Å². The Morgan fingerprint density at radius 1 is 1.18 bits per heavy atom. The first-order valence-corrected chi connectivity index (χ1v) is 6.98. The summed E-state index contributed by atoms with van der Waals surface area (Å²) in [6, 6.07) is -0.474. The van der Waals surface area contributed by atoms with Crippen LogP contribution in [0.2, 0.25) is 0 Å². The minimum Gasteiger partial charge on any atom is -0.462 e. The van der Waals surface area contributed by atoms with E-state index in [4.69, 9.17) is 10.5 Å². The number of nitrogens with two attached hydrogens (primary N) is 1. The molecule has 0 aliphatic rings. The van der Waals surface area contributed by atoms with Gasteiger partial charge in [-0.25, -0.2) is 0 Å². The SMILES string of the molecule is CCCCCCC(C)OC(=O)[C@@H](N)[C@@H](C)CC. The fraction of sp³-hybridized carbons (Fsp3) is 0.929. The second-order valence-corrected chi connectivity index (χ2v) is 5.01. The van der Waals surface area contributed by atoms with Crippen molar-refractivity contribution in [2.24, 2.45) is 11.7 Å². The zero-order chi connectivity index (χ0) is 13.3.